The minimum Gasteiger partial charge on any atom is -0.382 e. The van der Waals surface area contributed by atoms with Crippen LogP contribution in [0.15, 0.2) is 35.1 Å². The summed E-state index contributed by atoms with van der Waals surface area (Å²) in [6, 6.07) is 6.14. The first-order valence-corrected chi connectivity index (χ1v) is 10.4. The molecule has 0 radical (unpaired) electrons. The summed E-state index contributed by atoms with van der Waals surface area (Å²) in [6.07, 6.45) is 0.263. The maximum absolute atomic E-state index is 14.7. The maximum atomic E-state index is 14.7. The van der Waals surface area contributed by atoms with Crippen LogP contribution in [0, 0.1) is 35.7 Å². The number of anilines is 3. The summed E-state index contributed by atoms with van der Waals surface area (Å²) in [5, 5.41) is 12.1. The van der Waals surface area contributed by atoms with Gasteiger partial charge in [-0.15, -0.1) is 0 Å². The number of nitrogens with two attached hydrogens (primary N) is 2. The Balaban J connectivity index is 2.04. The van der Waals surface area contributed by atoms with E-state index in [-0.39, 0.29) is 52.0 Å². The Morgan fingerprint density at radius 1 is 1.11 bits per heavy atom. The van der Waals surface area contributed by atoms with Crippen LogP contribution in [-0.4, -0.2) is 19.5 Å². The number of nitriles is 1. The van der Waals surface area contributed by atoms with Crippen molar-refractivity contribution in [1.82, 2.24) is 19.5 Å². The first kappa shape index (κ1) is 23.5. The number of aryl methyl sites for hydroxylation is 1. The van der Waals surface area contributed by atoms with Gasteiger partial charge in [0, 0.05) is 6.07 Å². The van der Waals surface area contributed by atoms with Gasteiger partial charge in [0.25, 0.3) is 5.56 Å². The van der Waals surface area contributed by atoms with Crippen molar-refractivity contribution in [3.05, 3.63) is 75.1 Å². The lowest BCUT2D eigenvalue weighted by molar-refractivity contribution is 0.578. The number of nitrogens with one attached hydrogen (secondary N) is 1. The van der Waals surface area contributed by atoms with Gasteiger partial charge in [-0.3, -0.25) is 9.36 Å². The van der Waals surface area contributed by atoms with Gasteiger partial charge >= 0.3 is 0 Å². The van der Waals surface area contributed by atoms with E-state index in [9.17, 15) is 23.2 Å². The highest BCUT2D eigenvalue weighted by molar-refractivity contribution is 5.82. The molecule has 0 aliphatic carbocycles. The molecule has 12 heteroatoms. The van der Waals surface area contributed by atoms with Gasteiger partial charge in [0.15, 0.2) is 5.82 Å². The summed E-state index contributed by atoms with van der Waals surface area (Å²) >= 11 is 0. The van der Waals surface area contributed by atoms with Gasteiger partial charge in [0.05, 0.1) is 17.2 Å². The van der Waals surface area contributed by atoms with Gasteiger partial charge in [-0.25, -0.2) is 18.2 Å². The standard InChI is InChI=1S/C23H19F3N8O/c1-3-16(30-20-14(9-27)19(28)32-23(29)33-20)21-31-18-10(2)4-5-15(26)17(18)22(35)34(21)13-7-11(24)6-12(25)8-13/h4-8,16H,3H2,1-2H3,(H5,28,29,30,32,33). The molecule has 1 atom stereocenters. The number of benzene rings is 2. The Morgan fingerprint density at radius 3 is 2.43 bits per heavy atom. The summed E-state index contributed by atoms with van der Waals surface area (Å²) in [7, 11) is 0. The van der Waals surface area contributed by atoms with Crippen molar-refractivity contribution in [1.29, 1.82) is 5.26 Å². The van der Waals surface area contributed by atoms with E-state index in [4.69, 9.17) is 11.5 Å². The highest BCUT2D eigenvalue weighted by atomic mass is 19.1. The van der Waals surface area contributed by atoms with Crippen LogP contribution in [0.1, 0.15) is 36.3 Å². The molecule has 35 heavy (non-hydrogen) atoms. The first-order chi connectivity index (χ1) is 16.6. The predicted octanol–water partition coefficient (Wildman–Crippen LogP) is 3.50. The number of fused-ring (bicyclic) bond motifs is 1. The van der Waals surface area contributed by atoms with E-state index in [2.05, 4.69) is 20.3 Å². The molecule has 4 rings (SSSR count). The molecule has 0 spiro atoms. The van der Waals surface area contributed by atoms with Crippen LogP contribution in [0.25, 0.3) is 16.6 Å². The number of hydrogen-bond acceptors (Lipinski definition) is 8. The topological polar surface area (TPSA) is 149 Å². The molecular weight excluding hydrogens is 461 g/mol. The molecular formula is C23H19F3N8O. The Labute approximate surface area is 196 Å². The zero-order valence-electron chi connectivity index (χ0n) is 18.6. The van der Waals surface area contributed by atoms with Crippen molar-refractivity contribution in [2.75, 3.05) is 16.8 Å². The fourth-order valence-corrected chi connectivity index (χ4v) is 3.78. The molecule has 0 fully saturated rings. The van der Waals surface area contributed by atoms with Crippen LogP contribution in [-0.2, 0) is 0 Å². The Kier molecular flexibility index (Phi) is 6.00. The molecule has 2 heterocycles. The third kappa shape index (κ3) is 4.19. The SMILES string of the molecule is CCC(Nc1nc(N)nc(N)c1C#N)c1nc2c(C)ccc(F)c2c(=O)n1-c1cc(F)cc(F)c1. The molecule has 0 aliphatic heterocycles. The van der Waals surface area contributed by atoms with Gasteiger partial charge in [-0.1, -0.05) is 13.0 Å². The second-order valence-electron chi connectivity index (χ2n) is 7.73. The summed E-state index contributed by atoms with van der Waals surface area (Å²) in [6.45, 7) is 3.39. The third-order valence-electron chi connectivity index (χ3n) is 5.40. The molecule has 0 amide bonds. The molecule has 0 aliphatic rings. The third-order valence-corrected chi connectivity index (χ3v) is 5.40. The summed E-state index contributed by atoms with van der Waals surface area (Å²) in [5.41, 5.74) is 10.9. The van der Waals surface area contributed by atoms with Crippen LogP contribution in [0.3, 0.4) is 0 Å². The number of hydrogen-bond donors (Lipinski definition) is 3. The van der Waals surface area contributed by atoms with E-state index < -0.39 is 29.1 Å². The summed E-state index contributed by atoms with van der Waals surface area (Å²) < 4.78 is 43.9. The quantitative estimate of drug-likeness (QED) is 0.393. The van der Waals surface area contributed by atoms with E-state index >= 15 is 0 Å². The molecule has 2 aromatic heterocycles. The minimum absolute atomic E-state index is 0.00310. The lowest BCUT2D eigenvalue weighted by Crippen LogP contribution is -2.29. The lowest BCUT2D eigenvalue weighted by Gasteiger charge is -2.23. The van der Waals surface area contributed by atoms with Crippen LogP contribution in [0.5, 0.6) is 0 Å². The van der Waals surface area contributed by atoms with Gasteiger partial charge in [0.1, 0.15) is 46.1 Å². The van der Waals surface area contributed by atoms with E-state index in [0.29, 0.717) is 11.6 Å². The van der Waals surface area contributed by atoms with Crippen molar-refractivity contribution >= 4 is 28.5 Å². The van der Waals surface area contributed by atoms with E-state index in [1.807, 2.05) is 6.07 Å². The van der Waals surface area contributed by atoms with Crippen molar-refractivity contribution < 1.29 is 13.2 Å². The van der Waals surface area contributed by atoms with Crippen molar-refractivity contribution in [2.24, 2.45) is 0 Å². The monoisotopic (exact) mass is 480 g/mol. The molecule has 1 unspecified atom stereocenters. The molecule has 0 saturated carbocycles. The number of halogens is 3. The average molecular weight is 480 g/mol. The van der Waals surface area contributed by atoms with Gasteiger partial charge in [0.2, 0.25) is 5.95 Å². The predicted molar refractivity (Wildman–Crippen MR) is 124 cm³/mol. The Hall–Kier alpha value is -4.66. The highest BCUT2D eigenvalue weighted by Gasteiger charge is 2.25. The van der Waals surface area contributed by atoms with E-state index in [0.717, 1.165) is 22.8 Å². The molecule has 0 saturated heterocycles. The largest absolute Gasteiger partial charge is 0.382 e. The van der Waals surface area contributed by atoms with Crippen molar-refractivity contribution in [3.8, 4) is 11.8 Å². The van der Waals surface area contributed by atoms with Gasteiger partial charge < -0.3 is 16.8 Å². The Bertz CT molecular complexity index is 1560. The second kappa shape index (κ2) is 8.94. The van der Waals surface area contributed by atoms with E-state index in [1.54, 1.807) is 13.8 Å². The number of aromatic nitrogens is 4. The molecule has 9 nitrogen and oxygen atoms in total. The highest BCUT2D eigenvalue weighted by Crippen LogP contribution is 2.28. The van der Waals surface area contributed by atoms with Crippen LogP contribution >= 0.6 is 0 Å². The van der Waals surface area contributed by atoms with Gasteiger partial charge in [-0.2, -0.15) is 15.2 Å². The molecule has 5 N–H and O–H groups in total. The van der Waals surface area contributed by atoms with Crippen LogP contribution in [0.4, 0.5) is 30.8 Å². The Morgan fingerprint density at radius 2 is 1.80 bits per heavy atom. The number of rotatable bonds is 5. The zero-order valence-corrected chi connectivity index (χ0v) is 18.6. The molecule has 4 aromatic rings. The molecule has 2 aromatic carbocycles. The fraction of sp³-hybridized carbons (Fsp3) is 0.174. The van der Waals surface area contributed by atoms with Crippen molar-refractivity contribution in [2.45, 2.75) is 26.3 Å². The molecule has 0 bridgehead atoms. The summed E-state index contributed by atoms with van der Waals surface area (Å²) in [5.74, 6) is -3.09. The normalized spacial score (nSPS) is 11.9. The minimum atomic E-state index is -0.938. The first-order valence-electron chi connectivity index (χ1n) is 10.4. The number of nitrogens with zero attached hydrogens (tertiary/aromatic N) is 5. The van der Waals surface area contributed by atoms with Gasteiger partial charge in [-0.05, 0) is 37.1 Å². The second-order valence-corrected chi connectivity index (χ2v) is 7.73. The average Bonchev–Trinajstić information content (AvgIpc) is 2.78. The van der Waals surface area contributed by atoms with E-state index in [1.165, 1.54) is 6.07 Å². The lowest BCUT2D eigenvalue weighted by atomic mass is 10.1. The fourth-order valence-electron chi connectivity index (χ4n) is 3.78. The number of nitrogen functional groups attached to an aromatic ring is 2. The zero-order chi connectivity index (χ0) is 25.4. The van der Waals surface area contributed by atoms with Crippen LogP contribution in [0.2, 0.25) is 0 Å². The molecule has 178 valence electrons. The summed E-state index contributed by atoms with van der Waals surface area (Å²) in [4.78, 5) is 25.8. The van der Waals surface area contributed by atoms with Crippen LogP contribution < -0.4 is 22.3 Å². The smallest absolute Gasteiger partial charge is 0.269 e. The maximum Gasteiger partial charge on any atom is 0.269 e. The van der Waals surface area contributed by atoms with Crippen molar-refractivity contribution in [3.63, 3.8) is 0 Å².